The maximum absolute atomic E-state index is 13.3. The second-order valence-electron chi connectivity index (χ2n) is 7.35. The average molecular weight is 306 g/mol. The lowest BCUT2D eigenvalue weighted by molar-refractivity contribution is -0.145. The Labute approximate surface area is 130 Å². The highest BCUT2D eigenvalue weighted by Gasteiger charge is 2.56. The summed E-state index contributed by atoms with van der Waals surface area (Å²) >= 11 is 0. The Morgan fingerprint density at radius 3 is 2.27 bits per heavy atom. The summed E-state index contributed by atoms with van der Waals surface area (Å²) in [6.07, 6.45) is 4.23. The zero-order valence-electron chi connectivity index (χ0n) is 12.9. The number of benzene rings is 1. The molecular weight excluding hydrogens is 283 g/mol. The fourth-order valence-electron chi connectivity index (χ4n) is 5.05. The third kappa shape index (κ3) is 2.54. The van der Waals surface area contributed by atoms with Gasteiger partial charge >= 0.3 is 5.97 Å². The summed E-state index contributed by atoms with van der Waals surface area (Å²) in [6.45, 7) is 1.85. The molecule has 2 aliphatic carbocycles. The number of hydrogen-bond donors (Lipinski definition) is 2. The number of carboxylic acid groups (broad SMARTS) is 1. The van der Waals surface area contributed by atoms with E-state index in [1.54, 1.807) is 12.1 Å². The molecule has 0 heterocycles. The van der Waals surface area contributed by atoms with Gasteiger partial charge in [-0.15, -0.1) is 0 Å². The van der Waals surface area contributed by atoms with Crippen molar-refractivity contribution in [3.63, 3.8) is 0 Å². The first-order chi connectivity index (χ1) is 10.3. The quantitative estimate of drug-likeness (QED) is 0.898. The zero-order valence-corrected chi connectivity index (χ0v) is 12.9. The molecule has 4 heteroatoms. The summed E-state index contributed by atoms with van der Waals surface area (Å²) in [5.74, 6) is -0.849. The van der Waals surface area contributed by atoms with Crippen molar-refractivity contribution in [2.75, 3.05) is 0 Å². The molecule has 0 aliphatic heterocycles. The molecule has 22 heavy (non-hydrogen) atoms. The minimum Gasteiger partial charge on any atom is -0.481 e. The van der Waals surface area contributed by atoms with E-state index in [-0.39, 0.29) is 24.1 Å². The second-order valence-corrected chi connectivity index (χ2v) is 7.35. The number of halogens is 1. The maximum atomic E-state index is 13.3. The number of fused-ring (bicyclic) bond motifs is 2. The Morgan fingerprint density at radius 2 is 1.77 bits per heavy atom. The molecule has 0 aromatic heterocycles. The molecule has 2 bridgehead atoms. The molecular formula is C18H23FO3. The van der Waals surface area contributed by atoms with Gasteiger partial charge in [0.05, 0.1) is 12.0 Å². The van der Waals surface area contributed by atoms with E-state index in [0.717, 1.165) is 24.8 Å². The topological polar surface area (TPSA) is 57.5 Å². The van der Waals surface area contributed by atoms with Crippen molar-refractivity contribution in [2.24, 2.45) is 11.8 Å². The highest BCUT2D eigenvalue weighted by Crippen LogP contribution is 2.58. The first kappa shape index (κ1) is 15.5. The summed E-state index contributed by atoms with van der Waals surface area (Å²) in [5.41, 5.74) is -0.279. The molecule has 2 unspecified atom stereocenters. The van der Waals surface area contributed by atoms with E-state index in [1.807, 2.05) is 6.92 Å². The first-order valence-corrected chi connectivity index (χ1v) is 8.04. The van der Waals surface area contributed by atoms with Crippen LogP contribution in [0.1, 0.15) is 51.0 Å². The van der Waals surface area contributed by atoms with Gasteiger partial charge in [-0.3, -0.25) is 4.79 Å². The Bertz CT molecular complexity index is 548. The second kappa shape index (κ2) is 5.34. The SMILES string of the molecule is CC1(O)CC2CCCC(C1)C2(CC(=O)O)c1ccc(F)cc1. The number of aliphatic hydroxyl groups is 1. The predicted octanol–water partition coefficient (Wildman–Crippen LogP) is 3.50. The number of rotatable bonds is 3. The van der Waals surface area contributed by atoms with Crippen molar-refractivity contribution >= 4 is 5.97 Å². The van der Waals surface area contributed by atoms with Gasteiger partial charge in [-0.25, -0.2) is 4.39 Å². The fourth-order valence-corrected chi connectivity index (χ4v) is 5.05. The van der Waals surface area contributed by atoms with E-state index in [1.165, 1.54) is 12.1 Å². The molecule has 0 spiro atoms. The smallest absolute Gasteiger partial charge is 0.304 e. The van der Waals surface area contributed by atoms with Crippen molar-refractivity contribution in [3.05, 3.63) is 35.6 Å². The lowest BCUT2D eigenvalue weighted by atomic mass is 9.48. The molecule has 2 atom stereocenters. The maximum Gasteiger partial charge on any atom is 0.304 e. The molecule has 1 aromatic carbocycles. The van der Waals surface area contributed by atoms with Gasteiger partial charge in [0.2, 0.25) is 0 Å². The molecule has 0 radical (unpaired) electrons. The molecule has 3 nitrogen and oxygen atoms in total. The summed E-state index contributed by atoms with van der Waals surface area (Å²) in [5, 5.41) is 20.0. The number of hydrogen-bond acceptors (Lipinski definition) is 2. The van der Waals surface area contributed by atoms with Gasteiger partial charge in [-0.2, -0.15) is 0 Å². The molecule has 3 rings (SSSR count). The fraction of sp³-hybridized carbons (Fsp3) is 0.611. The van der Waals surface area contributed by atoms with Crippen molar-refractivity contribution in [3.8, 4) is 0 Å². The van der Waals surface area contributed by atoms with Crippen LogP contribution in [0.3, 0.4) is 0 Å². The largest absolute Gasteiger partial charge is 0.481 e. The van der Waals surface area contributed by atoms with Crippen molar-refractivity contribution < 1.29 is 19.4 Å². The number of carboxylic acids is 1. The van der Waals surface area contributed by atoms with E-state index in [2.05, 4.69) is 0 Å². The van der Waals surface area contributed by atoms with E-state index < -0.39 is 17.0 Å². The molecule has 2 N–H and O–H groups in total. The molecule has 1 aromatic rings. The van der Waals surface area contributed by atoms with Crippen molar-refractivity contribution in [1.29, 1.82) is 0 Å². The lowest BCUT2D eigenvalue weighted by Crippen LogP contribution is -2.55. The van der Waals surface area contributed by atoms with Crippen LogP contribution in [0.5, 0.6) is 0 Å². The number of carbonyl (C=O) groups is 1. The highest BCUT2D eigenvalue weighted by atomic mass is 19.1. The zero-order chi connectivity index (χ0) is 16.0. The minimum absolute atomic E-state index is 0.0596. The van der Waals surface area contributed by atoms with Gasteiger partial charge in [0, 0.05) is 5.41 Å². The third-order valence-electron chi connectivity index (χ3n) is 5.76. The van der Waals surface area contributed by atoms with Crippen LogP contribution in [0.4, 0.5) is 4.39 Å². The molecule has 2 fully saturated rings. The summed E-state index contributed by atoms with van der Waals surface area (Å²) in [6, 6.07) is 6.32. The standard InChI is InChI=1S/C18H23FO3/c1-17(22)9-13-3-2-4-14(10-17)18(13,11-16(20)21)12-5-7-15(19)8-6-12/h5-8,13-14,22H,2-4,9-11H2,1H3,(H,20,21). The summed E-state index contributed by atoms with van der Waals surface area (Å²) < 4.78 is 13.3. The lowest BCUT2D eigenvalue weighted by Gasteiger charge is -2.57. The van der Waals surface area contributed by atoms with Crippen molar-refractivity contribution in [1.82, 2.24) is 0 Å². The van der Waals surface area contributed by atoms with Crippen molar-refractivity contribution in [2.45, 2.75) is 56.5 Å². The van der Waals surface area contributed by atoms with Gasteiger partial charge in [0.25, 0.3) is 0 Å². The van der Waals surface area contributed by atoms with Crippen LogP contribution in [0.25, 0.3) is 0 Å². The Morgan fingerprint density at radius 1 is 1.23 bits per heavy atom. The van der Waals surface area contributed by atoms with E-state index in [9.17, 15) is 19.4 Å². The molecule has 120 valence electrons. The molecule has 0 amide bonds. The third-order valence-corrected chi connectivity index (χ3v) is 5.76. The highest BCUT2D eigenvalue weighted by molar-refractivity contribution is 5.69. The summed E-state index contributed by atoms with van der Waals surface area (Å²) in [4.78, 5) is 11.6. The molecule has 2 aliphatic rings. The monoisotopic (exact) mass is 306 g/mol. The normalized spacial score (nSPS) is 37.8. The molecule has 0 saturated heterocycles. The first-order valence-electron chi connectivity index (χ1n) is 8.04. The predicted molar refractivity (Wildman–Crippen MR) is 81.0 cm³/mol. The van der Waals surface area contributed by atoms with Gasteiger partial charge in [-0.05, 0) is 62.1 Å². The van der Waals surface area contributed by atoms with E-state index in [4.69, 9.17) is 0 Å². The van der Waals surface area contributed by atoms with Crippen LogP contribution in [-0.4, -0.2) is 21.8 Å². The Balaban J connectivity index is 2.09. The number of aliphatic carboxylic acids is 1. The summed E-state index contributed by atoms with van der Waals surface area (Å²) in [7, 11) is 0. The minimum atomic E-state index is -0.817. The van der Waals surface area contributed by atoms with Crippen LogP contribution >= 0.6 is 0 Å². The van der Waals surface area contributed by atoms with Crippen LogP contribution in [-0.2, 0) is 10.2 Å². The van der Waals surface area contributed by atoms with Crippen LogP contribution in [0, 0.1) is 17.7 Å². The van der Waals surface area contributed by atoms with Gasteiger partial charge in [-0.1, -0.05) is 18.6 Å². The van der Waals surface area contributed by atoms with Gasteiger partial charge in [0.1, 0.15) is 5.82 Å². The van der Waals surface area contributed by atoms with Crippen LogP contribution in [0.15, 0.2) is 24.3 Å². The van der Waals surface area contributed by atoms with Crippen LogP contribution in [0.2, 0.25) is 0 Å². The van der Waals surface area contributed by atoms with E-state index >= 15 is 0 Å². The van der Waals surface area contributed by atoms with Gasteiger partial charge < -0.3 is 10.2 Å². The Kier molecular flexibility index (Phi) is 3.76. The van der Waals surface area contributed by atoms with E-state index in [0.29, 0.717) is 12.8 Å². The van der Waals surface area contributed by atoms with Crippen LogP contribution < -0.4 is 0 Å². The van der Waals surface area contributed by atoms with Gasteiger partial charge in [0.15, 0.2) is 0 Å². The molecule has 2 saturated carbocycles. The Hall–Kier alpha value is -1.42. The average Bonchev–Trinajstić information content (AvgIpc) is 2.40.